The van der Waals surface area contributed by atoms with Gasteiger partial charge in [0.1, 0.15) is 0 Å². The molecule has 0 bridgehead atoms. The Labute approximate surface area is 170 Å². The summed E-state index contributed by atoms with van der Waals surface area (Å²) in [6.45, 7) is 10.8. The second kappa shape index (κ2) is 6.46. The molecule has 2 nitrogen and oxygen atoms in total. The summed E-state index contributed by atoms with van der Waals surface area (Å²) in [4.78, 5) is 0. The molecule has 0 unspecified atom stereocenters. The van der Waals surface area contributed by atoms with Crippen molar-refractivity contribution in [1.82, 2.24) is 0 Å². The maximum Gasteiger partial charge on any atom is 0.587 e. The van der Waals surface area contributed by atoms with Crippen LogP contribution in [0.15, 0.2) is 93.3 Å². The molecule has 0 aliphatic heterocycles. The Morgan fingerprint density at radius 1 is 1.04 bits per heavy atom. The van der Waals surface area contributed by atoms with E-state index in [-0.39, 0.29) is 5.54 Å². The average Bonchev–Trinajstić information content (AvgIpc) is 2.91. The first-order valence-corrected chi connectivity index (χ1v) is 11.5. The van der Waals surface area contributed by atoms with Crippen LogP contribution in [0.2, 0.25) is 0 Å². The molecular weight excluding hydrogens is 358 g/mol. The first-order valence-electron chi connectivity index (χ1n) is 10.1. The number of rotatable bonds is 2. The molecule has 0 amide bonds. The van der Waals surface area contributed by atoms with E-state index in [1.807, 2.05) is 0 Å². The van der Waals surface area contributed by atoms with Gasteiger partial charge in [0.25, 0.3) is 0 Å². The monoisotopic (exact) mass is 388 g/mol. The molecule has 0 saturated heterocycles. The van der Waals surface area contributed by atoms with Gasteiger partial charge in [-0.05, 0) is 78.7 Å². The number of hydrogen-bond donors (Lipinski definition) is 0. The van der Waals surface area contributed by atoms with E-state index >= 15 is 0 Å². The van der Waals surface area contributed by atoms with Crippen LogP contribution < -0.4 is 0 Å². The van der Waals surface area contributed by atoms with Crippen LogP contribution in [0.4, 0.5) is 0 Å². The molecule has 3 heteroatoms. The summed E-state index contributed by atoms with van der Waals surface area (Å²) < 4.78 is 14.1. The lowest BCUT2D eigenvalue weighted by Crippen LogP contribution is -2.60. The van der Waals surface area contributed by atoms with Gasteiger partial charge in [0.15, 0.2) is 0 Å². The van der Waals surface area contributed by atoms with Gasteiger partial charge in [0.05, 0.1) is 19.6 Å². The summed E-state index contributed by atoms with van der Waals surface area (Å²) >= 11 is 0. The quantitative estimate of drug-likeness (QED) is 0.564. The summed E-state index contributed by atoms with van der Waals surface area (Å²) in [6.07, 6.45) is 18.2. The van der Waals surface area contributed by atoms with E-state index in [0.29, 0.717) is 4.15 Å². The van der Waals surface area contributed by atoms with Crippen molar-refractivity contribution in [3.8, 4) is 0 Å². The summed E-state index contributed by atoms with van der Waals surface area (Å²) in [5, 5.41) is 1.09. The van der Waals surface area contributed by atoms with Gasteiger partial charge in [-0.1, -0.05) is 43.0 Å². The first-order chi connectivity index (χ1) is 13.1. The van der Waals surface area contributed by atoms with Crippen molar-refractivity contribution in [2.45, 2.75) is 45.6 Å². The number of fused-ring (bicyclic) bond motifs is 3. The maximum atomic E-state index is 13.6. The lowest BCUT2D eigenvalue weighted by molar-refractivity contribution is -0.837. The van der Waals surface area contributed by atoms with Gasteiger partial charge < -0.3 is 8.61 Å². The number of hydrogen-bond acceptors (Lipinski definition) is 1. The van der Waals surface area contributed by atoms with E-state index in [9.17, 15) is 4.46 Å². The van der Waals surface area contributed by atoms with Gasteiger partial charge >= 0.3 is 8.84 Å². The predicted octanol–water partition coefficient (Wildman–Crippen LogP) is 5.58. The van der Waals surface area contributed by atoms with E-state index in [0.717, 1.165) is 24.5 Å². The number of quaternary nitrogens is 1. The fourth-order valence-electron chi connectivity index (χ4n) is 4.21. The average molecular weight is 389 g/mol. The highest BCUT2D eigenvalue weighted by atomic mass is 28.3. The van der Waals surface area contributed by atoms with E-state index in [1.165, 1.54) is 39.0 Å². The summed E-state index contributed by atoms with van der Waals surface area (Å²) in [5.41, 5.74) is 9.01. The lowest BCUT2D eigenvalue weighted by Gasteiger charge is -2.41. The van der Waals surface area contributed by atoms with Crippen LogP contribution in [0.5, 0.6) is 0 Å². The summed E-state index contributed by atoms with van der Waals surface area (Å²) in [6, 6.07) is 0. The Kier molecular flexibility index (Phi) is 4.44. The minimum Gasteiger partial charge on any atom is -0.325 e. The van der Waals surface area contributed by atoms with E-state index in [1.54, 1.807) is 0 Å². The Hall–Kier alpha value is -2.10. The molecule has 4 rings (SSSR count). The van der Waals surface area contributed by atoms with Crippen LogP contribution >= 0.6 is 0 Å². The van der Waals surface area contributed by atoms with Crippen molar-refractivity contribution in [3.63, 3.8) is 0 Å². The fourth-order valence-corrected chi connectivity index (χ4v) is 6.09. The Balaban J connectivity index is 1.80. The number of allylic oxidation sites excluding steroid dienone is 15. The molecule has 28 heavy (non-hydrogen) atoms. The smallest absolute Gasteiger partial charge is 0.325 e. The van der Waals surface area contributed by atoms with Crippen molar-refractivity contribution < 1.29 is 8.61 Å². The molecule has 0 aromatic heterocycles. The van der Waals surface area contributed by atoms with Crippen LogP contribution in [-0.4, -0.2) is 32.6 Å². The Bertz CT molecular complexity index is 1010. The van der Waals surface area contributed by atoms with Gasteiger partial charge in [-0.25, -0.2) is 0 Å². The third kappa shape index (κ3) is 2.89. The molecular formula is C25H30NOSi+. The standard InChI is InChI=1S/C25H30NOSi/c1-17-9-7-11-19-15-23-21(24(17)19)12-8-10-18-13-14-20(16-22(18)23)28(27)26(5,6)25(2,3)4/h7-8,11-15H,1,9-10,16H2,2-6H3/q+1. The lowest BCUT2D eigenvalue weighted by atomic mass is 9.89. The second-order valence-electron chi connectivity index (χ2n) is 9.59. The van der Waals surface area contributed by atoms with Gasteiger partial charge in [-0.3, -0.25) is 0 Å². The van der Waals surface area contributed by atoms with Crippen molar-refractivity contribution in [1.29, 1.82) is 0 Å². The minimum atomic E-state index is -1.97. The zero-order chi connectivity index (χ0) is 20.3. The SMILES string of the molecule is C=C1CC=CC2=CC3=C4CC([Si](=O)[N+](C)(C)C(C)(C)C)=CC=C4CC=CC3=C12. The molecule has 0 fully saturated rings. The summed E-state index contributed by atoms with van der Waals surface area (Å²) in [5.74, 6) is 0. The van der Waals surface area contributed by atoms with Crippen molar-refractivity contribution in [3.05, 3.63) is 93.3 Å². The van der Waals surface area contributed by atoms with Gasteiger partial charge in [0.2, 0.25) is 0 Å². The molecule has 0 aromatic rings. The number of nitrogens with zero attached hydrogens (tertiary/aromatic N) is 1. The summed E-state index contributed by atoms with van der Waals surface area (Å²) in [7, 11) is 2.23. The van der Waals surface area contributed by atoms with Gasteiger partial charge in [0, 0.05) is 11.6 Å². The molecule has 4 aliphatic carbocycles. The van der Waals surface area contributed by atoms with E-state index in [2.05, 4.69) is 84.0 Å². The molecule has 0 heterocycles. The van der Waals surface area contributed by atoms with Crippen molar-refractivity contribution in [2.75, 3.05) is 14.1 Å². The molecule has 4 aliphatic rings. The predicted molar refractivity (Wildman–Crippen MR) is 118 cm³/mol. The van der Waals surface area contributed by atoms with Gasteiger partial charge in [-0.15, -0.1) is 0 Å². The Morgan fingerprint density at radius 2 is 1.75 bits per heavy atom. The van der Waals surface area contributed by atoms with Crippen molar-refractivity contribution >= 4 is 8.84 Å². The van der Waals surface area contributed by atoms with Crippen LogP contribution in [-0.2, 0) is 4.46 Å². The zero-order valence-electron chi connectivity index (χ0n) is 17.7. The fraction of sp³-hybridized carbons (Fsp3) is 0.360. The molecule has 0 saturated carbocycles. The molecule has 0 N–H and O–H groups in total. The molecule has 0 spiro atoms. The van der Waals surface area contributed by atoms with Crippen LogP contribution in [0.25, 0.3) is 0 Å². The highest BCUT2D eigenvalue weighted by Crippen LogP contribution is 2.46. The van der Waals surface area contributed by atoms with Gasteiger partial charge in [-0.2, -0.15) is 0 Å². The molecule has 144 valence electrons. The Morgan fingerprint density at radius 3 is 2.46 bits per heavy atom. The minimum absolute atomic E-state index is 0.0658. The first kappa shape index (κ1) is 19.2. The van der Waals surface area contributed by atoms with Crippen LogP contribution in [0.3, 0.4) is 0 Å². The zero-order valence-corrected chi connectivity index (χ0v) is 18.7. The molecule has 0 atom stereocenters. The van der Waals surface area contributed by atoms with Crippen molar-refractivity contribution in [2.24, 2.45) is 0 Å². The third-order valence-corrected chi connectivity index (χ3v) is 9.39. The largest absolute Gasteiger partial charge is 0.587 e. The molecule has 0 radical (unpaired) electrons. The van der Waals surface area contributed by atoms with Crippen LogP contribution in [0.1, 0.15) is 40.0 Å². The van der Waals surface area contributed by atoms with E-state index in [4.69, 9.17) is 0 Å². The third-order valence-electron chi connectivity index (χ3n) is 6.81. The highest BCUT2D eigenvalue weighted by molar-refractivity contribution is 6.44. The second-order valence-corrected chi connectivity index (χ2v) is 12.0. The maximum absolute atomic E-state index is 13.6. The molecule has 0 aromatic carbocycles. The topological polar surface area (TPSA) is 17.1 Å². The van der Waals surface area contributed by atoms with E-state index < -0.39 is 8.84 Å². The van der Waals surface area contributed by atoms with Crippen LogP contribution in [0, 0.1) is 0 Å². The highest BCUT2D eigenvalue weighted by Gasteiger charge is 2.44. The normalized spacial score (nSPS) is 21.6.